The number of carbonyl (C=O) groups is 1. The number of rotatable bonds is 3. The number of carbonyl (C=O) groups excluding carboxylic acids is 1. The fraction of sp³-hybridized carbons (Fsp3) is 0.286. The van der Waals surface area contributed by atoms with Crippen LogP contribution in [-0.4, -0.2) is 50.5 Å². The molecule has 0 unspecified atom stereocenters. The highest BCUT2D eigenvalue weighted by Crippen LogP contribution is 2.46. The Morgan fingerprint density at radius 3 is 2.89 bits per heavy atom. The summed E-state index contributed by atoms with van der Waals surface area (Å²) in [5.41, 5.74) is 1.38. The Kier molecular flexibility index (Phi) is 4.01. The maximum Gasteiger partial charge on any atom is 0.272 e. The molecule has 136 valence electrons. The number of amides is 1. The van der Waals surface area contributed by atoms with E-state index in [1.807, 2.05) is 65.2 Å². The monoisotopic (exact) mass is 377 g/mol. The molecular formula is C21H19N3O2S. The molecule has 6 heteroatoms. The van der Waals surface area contributed by atoms with E-state index in [9.17, 15) is 4.79 Å². The Morgan fingerprint density at radius 1 is 1.15 bits per heavy atom. The van der Waals surface area contributed by atoms with Crippen LogP contribution in [0.25, 0.3) is 10.9 Å². The van der Waals surface area contributed by atoms with Crippen molar-refractivity contribution in [2.45, 2.75) is 17.3 Å². The van der Waals surface area contributed by atoms with E-state index in [0.29, 0.717) is 5.69 Å². The van der Waals surface area contributed by atoms with Crippen molar-refractivity contribution >= 4 is 28.6 Å². The van der Waals surface area contributed by atoms with E-state index in [1.54, 1.807) is 12.4 Å². The summed E-state index contributed by atoms with van der Waals surface area (Å²) in [6.45, 7) is 1.52. The zero-order valence-electron chi connectivity index (χ0n) is 14.7. The van der Waals surface area contributed by atoms with Gasteiger partial charge in [-0.2, -0.15) is 0 Å². The number of likely N-dealkylation sites (tertiary alicyclic amines) is 1. The predicted octanol–water partition coefficient (Wildman–Crippen LogP) is 3.41. The number of hydrogen-bond acceptors (Lipinski definition) is 5. The molecule has 2 aliphatic heterocycles. The van der Waals surface area contributed by atoms with Crippen LogP contribution >= 0.6 is 11.8 Å². The third kappa shape index (κ3) is 3.14. The highest BCUT2D eigenvalue weighted by atomic mass is 32.2. The summed E-state index contributed by atoms with van der Waals surface area (Å²) in [5, 5.41) is 1.05. The van der Waals surface area contributed by atoms with Crippen LogP contribution in [0, 0.1) is 0 Å². The molecule has 2 saturated heterocycles. The maximum atomic E-state index is 12.8. The lowest BCUT2D eigenvalue weighted by molar-refractivity contribution is 0.0512. The summed E-state index contributed by atoms with van der Waals surface area (Å²) in [5.74, 6) is 1.78. The molecular weight excluding hydrogens is 358 g/mol. The van der Waals surface area contributed by atoms with Crippen molar-refractivity contribution in [1.82, 2.24) is 14.9 Å². The van der Waals surface area contributed by atoms with Crippen molar-refractivity contribution < 1.29 is 9.53 Å². The number of thioether (sulfide) groups is 1. The lowest BCUT2D eigenvalue weighted by atomic mass is 9.92. The maximum absolute atomic E-state index is 12.8. The normalized spacial score (nSPS) is 20.6. The number of pyridine rings is 2. The van der Waals surface area contributed by atoms with Gasteiger partial charge in [0.1, 0.15) is 17.5 Å². The molecule has 27 heavy (non-hydrogen) atoms. The fourth-order valence-corrected chi connectivity index (χ4v) is 5.37. The SMILES string of the molecule is O=C(c1ccc2ccccc2n1)N1CC2(C[C@H](Oc3cccnc3)CS2)C1. The van der Waals surface area contributed by atoms with Gasteiger partial charge in [0.05, 0.1) is 16.5 Å². The highest BCUT2D eigenvalue weighted by molar-refractivity contribution is 8.01. The van der Waals surface area contributed by atoms with Gasteiger partial charge in [0.25, 0.3) is 5.91 Å². The topological polar surface area (TPSA) is 55.3 Å². The van der Waals surface area contributed by atoms with Gasteiger partial charge in [-0.25, -0.2) is 4.98 Å². The van der Waals surface area contributed by atoms with Crippen LogP contribution in [0.15, 0.2) is 60.9 Å². The second-order valence-electron chi connectivity index (χ2n) is 7.18. The van der Waals surface area contributed by atoms with E-state index in [1.165, 1.54) is 0 Å². The molecule has 0 N–H and O–H groups in total. The number of benzene rings is 1. The molecule has 1 amide bonds. The Labute approximate surface area is 161 Å². The average molecular weight is 377 g/mol. The molecule has 2 aromatic heterocycles. The van der Waals surface area contributed by atoms with E-state index in [-0.39, 0.29) is 16.8 Å². The first-order valence-electron chi connectivity index (χ1n) is 9.07. The molecule has 1 atom stereocenters. The number of fused-ring (bicyclic) bond motifs is 1. The lowest BCUT2D eigenvalue weighted by Gasteiger charge is -2.47. The van der Waals surface area contributed by atoms with Crippen LogP contribution in [-0.2, 0) is 0 Å². The number of hydrogen-bond donors (Lipinski definition) is 0. The smallest absolute Gasteiger partial charge is 0.272 e. The van der Waals surface area contributed by atoms with Crippen LogP contribution in [0.5, 0.6) is 5.75 Å². The van der Waals surface area contributed by atoms with E-state index in [4.69, 9.17) is 4.74 Å². The molecule has 2 aliphatic rings. The minimum Gasteiger partial charge on any atom is -0.488 e. The zero-order valence-corrected chi connectivity index (χ0v) is 15.6. The molecule has 1 aromatic carbocycles. The predicted molar refractivity (Wildman–Crippen MR) is 106 cm³/mol. The van der Waals surface area contributed by atoms with Crippen LogP contribution in [0.4, 0.5) is 0 Å². The highest BCUT2D eigenvalue weighted by Gasteiger charge is 2.51. The molecule has 5 nitrogen and oxygen atoms in total. The van der Waals surface area contributed by atoms with Crippen molar-refractivity contribution in [3.8, 4) is 5.75 Å². The molecule has 0 bridgehead atoms. The first-order valence-corrected chi connectivity index (χ1v) is 10.1. The second-order valence-corrected chi connectivity index (χ2v) is 8.67. The van der Waals surface area contributed by atoms with E-state index in [0.717, 1.165) is 41.9 Å². The van der Waals surface area contributed by atoms with Gasteiger partial charge in [0.15, 0.2) is 0 Å². The number of nitrogens with zero attached hydrogens (tertiary/aromatic N) is 3. The molecule has 3 aromatic rings. The van der Waals surface area contributed by atoms with Gasteiger partial charge in [0, 0.05) is 36.8 Å². The van der Waals surface area contributed by atoms with Crippen LogP contribution in [0.2, 0.25) is 0 Å². The van der Waals surface area contributed by atoms with Crippen molar-refractivity contribution in [2.75, 3.05) is 18.8 Å². The summed E-state index contributed by atoms with van der Waals surface area (Å²) < 4.78 is 6.16. The summed E-state index contributed by atoms with van der Waals surface area (Å²) in [6, 6.07) is 15.5. The molecule has 2 fully saturated rings. The van der Waals surface area contributed by atoms with Gasteiger partial charge in [0.2, 0.25) is 0 Å². The number of aromatic nitrogens is 2. The third-order valence-electron chi connectivity index (χ3n) is 5.18. The Bertz CT molecular complexity index is 989. The average Bonchev–Trinajstić information content (AvgIpc) is 3.11. The van der Waals surface area contributed by atoms with Crippen LogP contribution in [0.1, 0.15) is 16.9 Å². The van der Waals surface area contributed by atoms with Crippen LogP contribution < -0.4 is 4.74 Å². The van der Waals surface area contributed by atoms with Gasteiger partial charge in [-0.1, -0.05) is 24.3 Å². The second kappa shape index (κ2) is 6.53. The van der Waals surface area contributed by atoms with Gasteiger partial charge < -0.3 is 9.64 Å². The number of para-hydroxylation sites is 1. The Balaban J connectivity index is 1.23. The lowest BCUT2D eigenvalue weighted by Crippen LogP contribution is -2.61. The van der Waals surface area contributed by atoms with Crippen molar-refractivity contribution in [2.24, 2.45) is 0 Å². The molecule has 1 spiro atoms. The van der Waals surface area contributed by atoms with Crippen LogP contribution in [0.3, 0.4) is 0 Å². The summed E-state index contributed by atoms with van der Waals surface area (Å²) >= 11 is 1.92. The van der Waals surface area contributed by atoms with Gasteiger partial charge in [-0.05, 0) is 24.3 Å². The Hall–Kier alpha value is -2.60. The summed E-state index contributed by atoms with van der Waals surface area (Å²) in [7, 11) is 0. The quantitative estimate of drug-likeness (QED) is 0.700. The van der Waals surface area contributed by atoms with Gasteiger partial charge in [-0.15, -0.1) is 11.8 Å². The third-order valence-corrected chi connectivity index (χ3v) is 6.75. The largest absolute Gasteiger partial charge is 0.488 e. The van der Waals surface area contributed by atoms with E-state index in [2.05, 4.69) is 9.97 Å². The summed E-state index contributed by atoms with van der Waals surface area (Å²) in [6.07, 6.45) is 4.63. The minimum absolute atomic E-state index is 0.0172. The van der Waals surface area contributed by atoms with Crippen molar-refractivity contribution in [1.29, 1.82) is 0 Å². The molecule has 4 heterocycles. The summed E-state index contributed by atoms with van der Waals surface area (Å²) in [4.78, 5) is 23.3. The van der Waals surface area contributed by atoms with Crippen molar-refractivity contribution in [3.63, 3.8) is 0 Å². The van der Waals surface area contributed by atoms with Gasteiger partial charge >= 0.3 is 0 Å². The van der Waals surface area contributed by atoms with E-state index >= 15 is 0 Å². The fourth-order valence-electron chi connectivity index (χ4n) is 3.85. The van der Waals surface area contributed by atoms with Gasteiger partial charge in [-0.3, -0.25) is 9.78 Å². The minimum atomic E-state index is 0.0172. The Morgan fingerprint density at radius 2 is 2.04 bits per heavy atom. The first kappa shape index (κ1) is 16.6. The zero-order chi connectivity index (χ0) is 18.3. The molecule has 0 saturated carbocycles. The standard InChI is InChI=1S/C21H19N3O2S/c25-20(19-8-7-15-4-1-2-6-18(15)23-19)24-13-21(14-24)10-17(12-27-21)26-16-5-3-9-22-11-16/h1-9,11,17H,10,12-14H2/t17-/m0/s1. The first-order chi connectivity index (χ1) is 13.2. The van der Waals surface area contributed by atoms with Crippen molar-refractivity contribution in [3.05, 3.63) is 66.6 Å². The number of ether oxygens (including phenoxy) is 1. The molecule has 0 radical (unpaired) electrons. The molecule has 5 rings (SSSR count). The molecule has 0 aliphatic carbocycles. The van der Waals surface area contributed by atoms with E-state index < -0.39 is 0 Å².